The molecule has 5 nitrogen and oxygen atoms in total. The topological polar surface area (TPSA) is 83.5 Å². The van der Waals surface area contributed by atoms with Gasteiger partial charge in [0.1, 0.15) is 0 Å². The highest BCUT2D eigenvalue weighted by atomic mass is 35.5. The Balaban J connectivity index is 2.61. The fourth-order valence-electron chi connectivity index (χ4n) is 1.56. The number of hydrogen-bond acceptors (Lipinski definition) is 3. The van der Waals surface area contributed by atoms with E-state index in [1.165, 1.54) is 6.07 Å². The van der Waals surface area contributed by atoms with E-state index in [4.69, 9.17) is 16.7 Å². The predicted octanol–water partition coefficient (Wildman–Crippen LogP) is 2.18. The molecule has 0 saturated heterocycles. The first-order chi connectivity index (χ1) is 8.84. The molecule has 0 radical (unpaired) electrons. The molecule has 0 saturated carbocycles. The zero-order chi connectivity index (χ0) is 14.5. The van der Waals surface area contributed by atoms with Crippen LogP contribution in [0.4, 0.5) is 0 Å². The Morgan fingerprint density at radius 2 is 2.05 bits per heavy atom. The van der Waals surface area contributed by atoms with Gasteiger partial charge in [0.15, 0.2) is 0 Å². The predicted molar refractivity (Wildman–Crippen MR) is 72.9 cm³/mol. The number of unbranched alkanes of at least 4 members (excludes halogenated alkanes) is 1. The first-order valence-corrected chi connectivity index (χ1v) is 7.67. The number of hydrogen-bond donors (Lipinski definition) is 2. The van der Waals surface area contributed by atoms with Gasteiger partial charge in [-0.15, -0.1) is 0 Å². The van der Waals surface area contributed by atoms with E-state index in [1.807, 2.05) is 0 Å². The van der Waals surface area contributed by atoms with Gasteiger partial charge in [0, 0.05) is 18.0 Å². The molecule has 1 rings (SSSR count). The third-order valence-corrected chi connectivity index (χ3v) is 4.63. The van der Waals surface area contributed by atoms with E-state index in [0.717, 1.165) is 0 Å². The third-order valence-electron chi connectivity index (χ3n) is 2.62. The highest BCUT2D eigenvalue weighted by Crippen LogP contribution is 2.22. The van der Waals surface area contributed by atoms with Gasteiger partial charge in [0.25, 0.3) is 0 Å². The number of nitrogens with one attached hydrogen (secondary N) is 1. The molecule has 1 aromatic carbocycles. The number of halogens is 1. The summed E-state index contributed by atoms with van der Waals surface area (Å²) in [4.78, 5) is 10.5. The van der Waals surface area contributed by atoms with Crippen LogP contribution in [0.3, 0.4) is 0 Å². The van der Waals surface area contributed by atoms with Gasteiger partial charge in [-0.2, -0.15) is 0 Å². The monoisotopic (exact) mass is 305 g/mol. The van der Waals surface area contributed by atoms with Gasteiger partial charge in [-0.25, -0.2) is 13.1 Å². The maximum absolute atomic E-state index is 12.0. The maximum Gasteiger partial charge on any atom is 0.303 e. The second kappa shape index (κ2) is 6.88. The summed E-state index contributed by atoms with van der Waals surface area (Å²) in [5.41, 5.74) is 0.502. The first kappa shape index (κ1) is 15.9. The van der Waals surface area contributed by atoms with Crippen LogP contribution >= 0.6 is 11.6 Å². The molecule has 0 aliphatic heterocycles. The Morgan fingerprint density at radius 3 is 2.68 bits per heavy atom. The molecular weight excluding hydrogens is 290 g/mol. The summed E-state index contributed by atoms with van der Waals surface area (Å²) < 4.78 is 26.5. The van der Waals surface area contributed by atoms with Crippen molar-refractivity contribution >= 4 is 27.6 Å². The van der Waals surface area contributed by atoms with E-state index in [2.05, 4.69) is 4.72 Å². The Bertz CT molecular complexity index is 557. The maximum atomic E-state index is 12.0. The van der Waals surface area contributed by atoms with Crippen LogP contribution in [-0.4, -0.2) is 26.0 Å². The van der Waals surface area contributed by atoms with E-state index in [0.29, 0.717) is 23.4 Å². The Morgan fingerprint density at radius 1 is 1.37 bits per heavy atom. The van der Waals surface area contributed by atoms with Crippen molar-refractivity contribution < 1.29 is 18.3 Å². The molecule has 0 unspecified atom stereocenters. The van der Waals surface area contributed by atoms with Crippen LogP contribution in [0.5, 0.6) is 0 Å². The average Bonchev–Trinajstić information content (AvgIpc) is 2.31. The molecule has 7 heteroatoms. The molecule has 19 heavy (non-hydrogen) atoms. The van der Waals surface area contributed by atoms with Crippen LogP contribution in [0.15, 0.2) is 23.1 Å². The second-order valence-electron chi connectivity index (χ2n) is 4.11. The highest BCUT2D eigenvalue weighted by molar-refractivity contribution is 7.89. The quantitative estimate of drug-likeness (QED) is 0.756. The fraction of sp³-hybridized carbons (Fsp3) is 0.417. The number of carboxylic acids is 1. The molecule has 0 heterocycles. The van der Waals surface area contributed by atoms with Crippen LogP contribution in [0.25, 0.3) is 0 Å². The van der Waals surface area contributed by atoms with E-state index in [-0.39, 0.29) is 17.9 Å². The highest BCUT2D eigenvalue weighted by Gasteiger charge is 2.17. The van der Waals surface area contributed by atoms with Crippen molar-refractivity contribution in [2.75, 3.05) is 6.54 Å². The van der Waals surface area contributed by atoms with Crippen molar-refractivity contribution in [2.24, 2.45) is 0 Å². The van der Waals surface area contributed by atoms with Gasteiger partial charge in [-0.3, -0.25) is 4.79 Å². The SMILES string of the molecule is Cc1c(Cl)cccc1S(=O)(=O)NCCCCC(=O)O. The van der Waals surface area contributed by atoms with E-state index in [9.17, 15) is 13.2 Å². The van der Waals surface area contributed by atoms with Crippen LogP contribution < -0.4 is 4.72 Å². The van der Waals surface area contributed by atoms with Gasteiger partial charge in [-0.1, -0.05) is 17.7 Å². The Hall–Kier alpha value is -1.11. The first-order valence-electron chi connectivity index (χ1n) is 5.81. The average molecular weight is 306 g/mol. The Kier molecular flexibility index (Phi) is 5.78. The minimum Gasteiger partial charge on any atom is -0.481 e. The lowest BCUT2D eigenvalue weighted by Gasteiger charge is -2.09. The molecule has 0 aromatic heterocycles. The number of sulfonamides is 1. The van der Waals surface area contributed by atoms with E-state index in [1.54, 1.807) is 19.1 Å². The van der Waals surface area contributed by atoms with Crippen LogP contribution in [0.2, 0.25) is 5.02 Å². The summed E-state index contributed by atoms with van der Waals surface area (Å²) in [6.45, 7) is 1.85. The summed E-state index contributed by atoms with van der Waals surface area (Å²) in [5.74, 6) is -0.881. The number of carboxylic acid groups (broad SMARTS) is 1. The third kappa shape index (κ3) is 4.81. The summed E-state index contributed by atoms with van der Waals surface area (Å²) in [6, 6.07) is 4.69. The lowest BCUT2D eigenvalue weighted by Crippen LogP contribution is -2.25. The van der Waals surface area contributed by atoms with Gasteiger partial charge in [0.05, 0.1) is 4.90 Å². The van der Waals surface area contributed by atoms with E-state index >= 15 is 0 Å². The fourth-order valence-corrected chi connectivity index (χ4v) is 3.13. The molecule has 0 aliphatic carbocycles. The molecular formula is C12H16ClNO4S. The molecule has 106 valence electrons. The van der Waals surface area contributed by atoms with Crippen molar-refractivity contribution in [3.63, 3.8) is 0 Å². The lowest BCUT2D eigenvalue weighted by atomic mass is 10.2. The molecule has 0 atom stereocenters. The molecule has 1 aromatic rings. The van der Waals surface area contributed by atoms with Gasteiger partial charge in [0.2, 0.25) is 10.0 Å². The number of carbonyl (C=O) groups is 1. The van der Waals surface area contributed by atoms with Crippen molar-refractivity contribution in [1.29, 1.82) is 0 Å². The standard InChI is InChI=1S/C12H16ClNO4S/c1-9-10(13)5-4-6-11(9)19(17,18)14-8-3-2-7-12(15)16/h4-6,14H,2-3,7-8H2,1H3,(H,15,16). The zero-order valence-corrected chi connectivity index (χ0v) is 12.1. The molecule has 0 fully saturated rings. The summed E-state index contributed by atoms with van der Waals surface area (Å²) >= 11 is 5.88. The van der Waals surface area contributed by atoms with Crippen LogP contribution in [0.1, 0.15) is 24.8 Å². The normalized spacial score (nSPS) is 11.5. The number of rotatable bonds is 7. The molecule has 2 N–H and O–H groups in total. The number of aliphatic carboxylic acids is 1. The van der Waals surface area contributed by atoms with Gasteiger partial charge < -0.3 is 5.11 Å². The lowest BCUT2D eigenvalue weighted by molar-refractivity contribution is -0.137. The largest absolute Gasteiger partial charge is 0.481 e. The van der Waals surface area contributed by atoms with Crippen molar-refractivity contribution in [1.82, 2.24) is 4.72 Å². The van der Waals surface area contributed by atoms with Crippen molar-refractivity contribution in [3.05, 3.63) is 28.8 Å². The second-order valence-corrected chi connectivity index (χ2v) is 6.25. The van der Waals surface area contributed by atoms with Crippen LogP contribution in [-0.2, 0) is 14.8 Å². The van der Waals surface area contributed by atoms with Gasteiger partial charge in [-0.05, 0) is 37.5 Å². The van der Waals surface area contributed by atoms with E-state index < -0.39 is 16.0 Å². The molecule has 0 aliphatic rings. The minimum atomic E-state index is -3.60. The smallest absolute Gasteiger partial charge is 0.303 e. The van der Waals surface area contributed by atoms with Crippen molar-refractivity contribution in [3.8, 4) is 0 Å². The number of benzene rings is 1. The zero-order valence-electron chi connectivity index (χ0n) is 10.5. The Labute approximate surface area is 117 Å². The molecule has 0 bridgehead atoms. The summed E-state index contributed by atoms with van der Waals surface area (Å²) in [6.07, 6.45) is 0.954. The van der Waals surface area contributed by atoms with Crippen molar-refractivity contribution in [2.45, 2.75) is 31.1 Å². The van der Waals surface area contributed by atoms with Gasteiger partial charge >= 0.3 is 5.97 Å². The molecule has 0 amide bonds. The molecule has 0 spiro atoms. The minimum absolute atomic E-state index is 0.0396. The summed E-state index contributed by atoms with van der Waals surface area (Å²) in [7, 11) is -3.60. The van der Waals surface area contributed by atoms with Crippen LogP contribution in [0, 0.1) is 6.92 Å². The summed E-state index contributed by atoms with van der Waals surface area (Å²) in [5, 5.41) is 8.86.